The standard InChI is InChI=1S/C46H53F4N3O8S/c1-44(2,3)37-26-29(33-25-30-14-11-21-51-22-12-15-32(42(30)51)43(33)60-37)13-10-16-36-45(4,20-7-5-6-17-40(56)61-53-38(54)18-19-39(53)55)41-34(46(48,49)50)27-31(47)28-35(41)52(36)23-8-9-24-62(57,58)59/h10,13,16,25-28H,5-9,11-12,14-15,17-24H2,1-4H3. The van der Waals surface area contributed by atoms with Crippen molar-refractivity contribution in [2.24, 2.45) is 5.41 Å². The number of alkyl halides is 3. The van der Waals surface area contributed by atoms with Gasteiger partial charge in [-0.15, -0.1) is 5.06 Å². The number of amides is 2. The topological polar surface area (TPSA) is 136 Å². The first kappa shape index (κ1) is 45.2. The number of hydrogen-bond donors (Lipinski definition) is 0. The van der Waals surface area contributed by atoms with Crippen LogP contribution in [0.15, 0.2) is 48.3 Å². The third kappa shape index (κ3) is 9.41. The predicted molar refractivity (Wildman–Crippen MR) is 223 cm³/mol. The Hall–Kier alpha value is -4.83. The molecule has 0 spiro atoms. The van der Waals surface area contributed by atoms with Crippen LogP contribution in [0.5, 0.6) is 5.75 Å². The molecule has 2 aromatic carbocycles. The Morgan fingerprint density at radius 3 is 2.37 bits per heavy atom. The Bertz CT molecular complexity index is 2400. The Balaban J connectivity index is 1.27. The number of benzene rings is 2. The average molecular weight is 884 g/mol. The SMILES string of the molecule is CC(C)(C)C1=CC(=CC=CC2=[N+](CCCCS(=O)(=O)[O-])c3cc(F)cc(C(F)(F)F)c3C2(C)CCCCCC(=O)ON2C(=O)CCC2=O)c2cc3c4c(c2O1)CCCN4CCC3. The second-order valence-electron chi connectivity index (χ2n) is 18.1. The van der Waals surface area contributed by atoms with Crippen LogP contribution in [-0.4, -0.2) is 71.5 Å². The van der Waals surface area contributed by atoms with Crippen LogP contribution in [0.25, 0.3) is 5.57 Å². The fourth-order valence-corrected chi connectivity index (χ4v) is 10.0. The predicted octanol–water partition coefficient (Wildman–Crippen LogP) is 8.74. The summed E-state index contributed by atoms with van der Waals surface area (Å²) in [4.78, 5) is 43.7. The molecule has 0 aliphatic carbocycles. The Kier molecular flexibility index (Phi) is 12.7. The van der Waals surface area contributed by atoms with Crippen LogP contribution in [0.2, 0.25) is 0 Å². The van der Waals surface area contributed by atoms with Crippen LogP contribution in [0.1, 0.15) is 126 Å². The lowest BCUT2D eigenvalue weighted by molar-refractivity contribution is -0.438. The number of carbonyl (C=O) groups is 3. The molecule has 334 valence electrons. The van der Waals surface area contributed by atoms with Gasteiger partial charge in [-0.05, 0) is 81.2 Å². The van der Waals surface area contributed by atoms with Gasteiger partial charge in [0.25, 0.3) is 11.8 Å². The molecule has 1 atom stereocenters. The van der Waals surface area contributed by atoms with Crippen molar-refractivity contribution in [1.82, 2.24) is 5.06 Å². The molecule has 0 N–H and O–H groups in total. The molecule has 5 aliphatic rings. The molecule has 1 saturated heterocycles. The number of fused-ring (bicyclic) bond motifs is 3. The first-order valence-electron chi connectivity index (χ1n) is 21.4. The van der Waals surface area contributed by atoms with E-state index in [4.69, 9.17) is 9.57 Å². The number of nitrogens with zero attached hydrogens (tertiary/aromatic N) is 3. The van der Waals surface area contributed by atoms with Crippen molar-refractivity contribution in [1.29, 1.82) is 0 Å². The highest BCUT2D eigenvalue weighted by atomic mass is 32.2. The lowest BCUT2D eigenvalue weighted by Gasteiger charge is -2.40. The number of carbonyl (C=O) groups excluding carboxylic acids is 3. The van der Waals surface area contributed by atoms with Gasteiger partial charge in [0, 0.05) is 78.9 Å². The minimum Gasteiger partial charge on any atom is -0.748 e. The Labute approximate surface area is 359 Å². The molecule has 0 aromatic heterocycles. The van der Waals surface area contributed by atoms with E-state index in [0.717, 1.165) is 67.5 Å². The third-order valence-electron chi connectivity index (χ3n) is 12.4. The van der Waals surface area contributed by atoms with E-state index in [2.05, 4.69) is 31.7 Å². The number of allylic oxidation sites excluding steroid dienone is 6. The molecule has 11 nitrogen and oxygen atoms in total. The van der Waals surface area contributed by atoms with Gasteiger partial charge in [-0.25, -0.2) is 17.6 Å². The summed E-state index contributed by atoms with van der Waals surface area (Å²) in [6.45, 7) is 9.86. The van der Waals surface area contributed by atoms with Crippen molar-refractivity contribution in [2.75, 3.05) is 30.3 Å². The number of imide groups is 1. The minimum atomic E-state index is -4.93. The minimum absolute atomic E-state index is 0.00208. The molecule has 0 radical (unpaired) electrons. The van der Waals surface area contributed by atoms with Gasteiger partial charge in [0.1, 0.15) is 23.9 Å². The van der Waals surface area contributed by atoms with Crippen molar-refractivity contribution >= 4 is 50.6 Å². The van der Waals surface area contributed by atoms with Gasteiger partial charge in [0.15, 0.2) is 5.71 Å². The molecule has 1 unspecified atom stereocenters. The van der Waals surface area contributed by atoms with Gasteiger partial charge in [-0.3, -0.25) is 9.59 Å². The highest BCUT2D eigenvalue weighted by Crippen LogP contribution is 2.51. The van der Waals surface area contributed by atoms with Gasteiger partial charge in [0.2, 0.25) is 5.69 Å². The highest BCUT2D eigenvalue weighted by Gasteiger charge is 2.53. The van der Waals surface area contributed by atoms with E-state index in [0.29, 0.717) is 29.7 Å². The number of halogens is 4. The van der Waals surface area contributed by atoms with Gasteiger partial charge in [-0.1, -0.05) is 45.8 Å². The maximum atomic E-state index is 15.3. The van der Waals surface area contributed by atoms with Gasteiger partial charge >= 0.3 is 12.1 Å². The monoisotopic (exact) mass is 883 g/mol. The summed E-state index contributed by atoms with van der Waals surface area (Å²) in [6.07, 6.45) is 7.27. The summed E-state index contributed by atoms with van der Waals surface area (Å²) in [5, 5.41) is 0.469. The second-order valence-corrected chi connectivity index (χ2v) is 19.6. The molecule has 2 amide bonds. The van der Waals surface area contributed by atoms with Crippen LogP contribution < -0.4 is 9.64 Å². The van der Waals surface area contributed by atoms with E-state index in [9.17, 15) is 40.5 Å². The maximum Gasteiger partial charge on any atom is 0.417 e. The van der Waals surface area contributed by atoms with E-state index in [1.54, 1.807) is 23.7 Å². The van der Waals surface area contributed by atoms with Crippen LogP contribution >= 0.6 is 0 Å². The zero-order valence-electron chi connectivity index (χ0n) is 35.6. The van der Waals surface area contributed by atoms with Gasteiger partial charge in [-0.2, -0.15) is 17.7 Å². The fourth-order valence-electron chi connectivity index (χ4n) is 9.48. The van der Waals surface area contributed by atoms with Gasteiger partial charge < -0.3 is 19.0 Å². The first-order valence-corrected chi connectivity index (χ1v) is 23.0. The molecule has 0 saturated carbocycles. The molecule has 7 rings (SSSR count). The molecule has 62 heavy (non-hydrogen) atoms. The fraction of sp³-hybridized carbons (Fsp3) is 0.522. The second kappa shape index (κ2) is 17.4. The van der Waals surface area contributed by atoms with E-state index >= 15 is 4.39 Å². The third-order valence-corrected chi connectivity index (χ3v) is 13.2. The van der Waals surface area contributed by atoms with E-state index in [1.807, 2.05) is 12.2 Å². The lowest BCUT2D eigenvalue weighted by Crippen LogP contribution is -2.35. The molecule has 1 fully saturated rings. The smallest absolute Gasteiger partial charge is 0.417 e. The van der Waals surface area contributed by atoms with Crippen molar-refractivity contribution in [3.8, 4) is 5.75 Å². The average Bonchev–Trinajstić information content (AvgIpc) is 3.62. The summed E-state index contributed by atoms with van der Waals surface area (Å²) < 4.78 is 103. The summed E-state index contributed by atoms with van der Waals surface area (Å²) in [5.74, 6) is -2.16. The van der Waals surface area contributed by atoms with Crippen LogP contribution in [0, 0.1) is 11.2 Å². The largest absolute Gasteiger partial charge is 0.748 e. The van der Waals surface area contributed by atoms with Gasteiger partial charge in [0.05, 0.1) is 26.7 Å². The summed E-state index contributed by atoms with van der Waals surface area (Å²) >= 11 is 0. The molecule has 2 aromatic rings. The Morgan fingerprint density at radius 1 is 0.984 bits per heavy atom. The first-order chi connectivity index (χ1) is 29.2. The zero-order valence-corrected chi connectivity index (χ0v) is 36.4. The number of unbranched alkanes of at least 4 members (excludes halogenated alkanes) is 3. The Morgan fingerprint density at radius 2 is 1.69 bits per heavy atom. The molecular weight excluding hydrogens is 831 g/mol. The van der Waals surface area contributed by atoms with Crippen LogP contribution in [0.4, 0.5) is 28.9 Å². The summed E-state index contributed by atoms with van der Waals surface area (Å²) in [7, 11) is -4.56. The number of anilines is 1. The number of hydroxylamine groups is 2. The van der Waals surface area contributed by atoms with Crippen molar-refractivity contribution in [3.63, 3.8) is 0 Å². The molecule has 16 heteroatoms. The lowest BCUT2D eigenvalue weighted by atomic mass is 9.73. The molecule has 0 bridgehead atoms. The quantitative estimate of drug-likeness (QED) is 0.0600. The summed E-state index contributed by atoms with van der Waals surface area (Å²) in [5.41, 5.74) is 2.95. The molecule has 5 heterocycles. The number of hydrogen-bond acceptors (Lipinski definition) is 9. The van der Waals surface area contributed by atoms with E-state index in [1.165, 1.54) is 16.8 Å². The number of ether oxygens (including phenoxy) is 1. The van der Waals surface area contributed by atoms with Crippen molar-refractivity contribution < 1.29 is 59.1 Å². The molecular formula is C46H53F4N3O8S. The number of rotatable bonds is 14. The van der Waals surface area contributed by atoms with Crippen molar-refractivity contribution in [3.05, 3.63) is 81.9 Å². The normalized spacial score (nSPS) is 20.8. The summed E-state index contributed by atoms with van der Waals surface area (Å²) in [6, 6.07) is 3.75. The zero-order chi connectivity index (χ0) is 44.8. The number of aryl methyl sites for hydroxylation is 1. The highest BCUT2D eigenvalue weighted by molar-refractivity contribution is 7.85. The van der Waals surface area contributed by atoms with E-state index in [-0.39, 0.29) is 68.2 Å². The maximum absolute atomic E-state index is 15.3. The molecule has 5 aliphatic heterocycles. The van der Waals surface area contributed by atoms with E-state index < -0.39 is 56.6 Å². The van der Waals surface area contributed by atoms with Crippen LogP contribution in [-0.2, 0) is 53.8 Å². The van der Waals surface area contributed by atoms with Crippen LogP contribution in [0.3, 0.4) is 0 Å². The van der Waals surface area contributed by atoms with Crippen molar-refractivity contribution in [2.45, 2.75) is 123 Å².